The average molecular weight is 288 g/mol. The van der Waals surface area contributed by atoms with Crippen LogP contribution in [0.15, 0.2) is 34.9 Å². The first kappa shape index (κ1) is 16.1. The SMILES string of the molecule is CCCCCN(C(C)C)C(CN)c1coc2ccccc12. The summed E-state index contributed by atoms with van der Waals surface area (Å²) in [5.74, 6) is 0. The second kappa shape index (κ2) is 7.62. The number of nitrogens with zero attached hydrogens (tertiary/aromatic N) is 1. The molecule has 1 atom stereocenters. The van der Waals surface area contributed by atoms with Crippen LogP contribution in [0.3, 0.4) is 0 Å². The van der Waals surface area contributed by atoms with Crippen LogP contribution >= 0.6 is 0 Å². The van der Waals surface area contributed by atoms with Gasteiger partial charge in [0.15, 0.2) is 0 Å². The average Bonchev–Trinajstić information content (AvgIpc) is 2.90. The maximum absolute atomic E-state index is 6.11. The van der Waals surface area contributed by atoms with Crippen LogP contribution in [0.5, 0.6) is 0 Å². The molecule has 116 valence electrons. The van der Waals surface area contributed by atoms with E-state index in [2.05, 4.69) is 37.8 Å². The first-order valence-electron chi connectivity index (χ1n) is 8.11. The van der Waals surface area contributed by atoms with Crippen LogP contribution in [0, 0.1) is 0 Å². The third kappa shape index (κ3) is 3.66. The van der Waals surface area contributed by atoms with Gasteiger partial charge in [0.1, 0.15) is 5.58 Å². The highest BCUT2D eigenvalue weighted by Gasteiger charge is 2.24. The van der Waals surface area contributed by atoms with Gasteiger partial charge in [-0.1, -0.05) is 38.0 Å². The summed E-state index contributed by atoms with van der Waals surface area (Å²) in [7, 11) is 0. The molecule has 2 rings (SSSR count). The van der Waals surface area contributed by atoms with Gasteiger partial charge in [0.2, 0.25) is 0 Å². The van der Waals surface area contributed by atoms with Crippen molar-refractivity contribution in [3.8, 4) is 0 Å². The van der Waals surface area contributed by atoms with Crippen molar-refractivity contribution in [2.45, 2.75) is 52.1 Å². The maximum atomic E-state index is 6.11. The van der Waals surface area contributed by atoms with Gasteiger partial charge in [-0.3, -0.25) is 4.90 Å². The van der Waals surface area contributed by atoms with Gasteiger partial charge < -0.3 is 10.2 Å². The van der Waals surface area contributed by atoms with Gasteiger partial charge in [-0.25, -0.2) is 0 Å². The number of furan rings is 1. The maximum Gasteiger partial charge on any atom is 0.134 e. The van der Waals surface area contributed by atoms with Crippen molar-refractivity contribution in [3.63, 3.8) is 0 Å². The quantitative estimate of drug-likeness (QED) is 0.735. The predicted molar refractivity (Wildman–Crippen MR) is 89.4 cm³/mol. The molecule has 0 bridgehead atoms. The van der Waals surface area contributed by atoms with E-state index in [9.17, 15) is 0 Å². The third-order valence-corrected chi connectivity index (χ3v) is 4.18. The van der Waals surface area contributed by atoms with E-state index >= 15 is 0 Å². The highest BCUT2D eigenvalue weighted by Crippen LogP contribution is 2.30. The number of unbranched alkanes of at least 4 members (excludes halogenated alkanes) is 2. The molecule has 0 aliphatic carbocycles. The summed E-state index contributed by atoms with van der Waals surface area (Å²) in [5.41, 5.74) is 8.28. The molecule has 3 heteroatoms. The van der Waals surface area contributed by atoms with E-state index in [0.29, 0.717) is 12.6 Å². The Labute approximate surface area is 128 Å². The van der Waals surface area contributed by atoms with E-state index in [1.807, 2.05) is 18.4 Å². The van der Waals surface area contributed by atoms with Crippen LogP contribution in [0.1, 0.15) is 51.6 Å². The van der Waals surface area contributed by atoms with E-state index < -0.39 is 0 Å². The van der Waals surface area contributed by atoms with Gasteiger partial charge in [0.05, 0.1) is 12.3 Å². The summed E-state index contributed by atoms with van der Waals surface area (Å²) in [6.07, 6.45) is 5.62. The van der Waals surface area contributed by atoms with E-state index in [4.69, 9.17) is 10.2 Å². The summed E-state index contributed by atoms with van der Waals surface area (Å²) >= 11 is 0. The number of fused-ring (bicyclic) bond motifs is 1. The second-order valence-electron chi connectivity index (χ2n) is 5.98. The van der Waals surface area contributed by atoms with Crippen molar-refractivity contribution in [3.05, 3.63) is 36.1 Å². The normalized spacial score (nSPS) is 13.4. The minimum atomic E-state index is 0.227. The van der Waals surface area contributed by atoms with Crippen LogP contribution in [0.25, 0.3) is 11.0 Å². The lowest BCUT2D eigenvalue weighted by atomic mass is 10.0. The molecule has 0 fully saturated rings. The minimum absolute atomic E-state index is 0.227. The zero-order valence-electron chi connectivity index (χ0n) is 13.5. The van der Waals surface area contributed by atoms with Crippen molar-refractivity contribution in [2.75, 3.05) is 13.1 Å². The van der Waals surface area contributed by atoms with Gasteiger partial charge >= 0.3 is 0 Å². The second-order valence-corrected chi connectivity index (χ2v) is 5.98. The summed E-state index contributed by atoms with van der Waals surface area (Å²) in [5, 5.41) is 1.19. The van der Waals surface area contributed by atoms with Gasteiger partial charge in [-0.2, -0.15) is 0 Å². The molecule has 2 N–H and O–H groups in total. The van der Waals surface area contributed by atoms with E-state index in [1.54, 1.807) is 0 Å². The summed E-state index contributed by atoms with van der Waals surface area (Å²) in [4.78, 5) is 2.51. The summed E-state index contributed by atoms with van der Waals surface area (Å²) in [6.45, 7) is 8.44. The molecule has 1 heterocycles. The third-order valence-electron chi connectivity index (χ3n) is 4.18. The topological polar surface area (TPSA) is 42.4 Å². The number of nitrogens with two attached hydrogens (primary N) is 1. The smallest absolute Gasteiger partial charge is 0.134 e. The Kier molecular flexibility index (Phi) is 5.83. The molecular weight excluding hydrogens is 260 g/mol. The molecule has 0 saturated carbocycles. The van der Waals surface area contributed by atoms with Crippen LogP contribution in [0.2, 0.25) is 0 Å². The predicted octanol–water partition coefficient (Wildman–Crippen LogP) is 4.33. The van der Waals surface area contributed by atoms with Gasteiger partial charge in [0, 0.05) is 23.5 Å². The molecule has 2 aromatic rings. The molecule has 0 saturated heterocycles. The Hall–Kier alpha value is -1.32. The van der Waals surface area contributed by atoms with Crippen molar-refractivity contribution in [1.29, 1.82) is 0 Å². The largest absolute Gasteiger partial charge is 0.464 e. The van der Waals surface area contributed by atoms with Crippen molar-refractivity contribution in [2.24, 2.45) is 5.73 Å². The highest BCUT2D eigenvalue weighted by atomic mass is 16.3. The van der Waals surface area contributed by atoms with Crippen LogP contribution in [0.4, 0.5) is 0 Å². The van der Waals surface area contributed by atoms with Crippen molar-refractivity contribution in [1.82, 2.24) is 4.90 Å². The van der Waals surface area contributed by atoms with Gasteiger partial charge in [0.25, 0.3) is 0 Å². The van der Waals surface area contributed by atoms with Crippen LogP contribution in [-0.2, 0) is 0 Å². The van der Waals surface area contributed by atoms with Gasteiger partial charge in [-0.15, -0.1) is 0 Å². The standard InChI is InChI=1S/C18H28N2O/c1-4-5-8-11-20(14(2)3)17(12-19)16-13-21-18-10-7-6-9-15(16)18/h6-7,9-10,13-14,17H,4-5,8,11-12,19H2,1-3H3. The molecule has 0 radical (unpaired) electrons. The Bertz CT molecular complexity index is 547. The molecule has 0 amide bonds. The molecule has 3 nitrogen and oxygen atoms in total. The summed E-state index contributed by atoms with van der Waals surface area (Å²) < 4.78 is 5.71. The lowest BCUT2D eigenvalue weighted by Gasteiger charge is -2.34. The fourth-order valence-electron chi connectivity index (χ4n) is 3.02. The van der Waals surface area contributed by atoms with Crippen LogP contribution in [-0.4, -0.2) is 24.0 Å². The number of para-hydroxylation sites is 1. The molecule has 0 spiro atoms. The number of rotatable bonds is 8. The molecule has 1 aromatic heterocycles. The van der Waals surface area contributed by atoms with E-state index in [-0.39, 0.29) is 6.04 Å². The number of benzene rings is 1. The van der Waals surface area contributed by atoms with Crippen LogP contribution < -0.4 is 5.73 Å². The van der Waals surface area contributed by atoms with Gasteiger partial charge in [-0.05, 0) is 32.9 Å². The first-order valence-corrected chi connectivity index (χ1v) is 8.11. The minimum Gasteiger partial charge on any atom is -0.464 e. The van der Waals surface area contributed by atoms with Crippen molar-refractivity contribution >= 4 is 11.0 Å². The summed E-state index contributed by atoms with van der Waals surface area (Å²) in [6, 6.07) is 8.92. The molecule has 21 heavy (non-hydrogen) atoms. The molecule has 1 unspecified atom stereocenters. The molecule has 0 aliphatic rings. The Balaban J connectivity index is 2.27. The number of hydrogen-bond donors (Lipinski definition) is 1. The van der Waals surface area contributed by atoms with E-state index in [0.717, 1.165) is 12.1 Å². The fraction of sp³-hybridized carbons (Fsp3) is 0.556. The Morgan fingerprint density at radius 1 is 1.19 bits per heavy atom. The molecular formula is C18H28N2O. The lowest BCUT2D eigenvalue weighted by molar-refractivity contribution is 0.154. The monoisotopic (exact) mass is 288 g/mol. The first-order chi connectivity index (χ1) is 10.2. The Morgan fingerprint density at radius 2 is 1.95 bits per heavy atom. The Morgan fingerprint density at radius 3 is 2.62 bits per heavy atom. The highest BCUT2D eigenvalue weighted by molar-refractivity contribution is 5.81. The number of hydrogen-bond acceptors (Lipinski definition) is 3. The molecule has 0 aliphatic heterocycles. The van der Waals surface area contributed by atoms with Crippen molar-refractivity contribution < 1.29 is 4.42 Å². The zero-order valence-corrected chi connectivity index (χ0v) is 13.5. The lowest BCUT2D eigenvalue weighted by Crippen LogP contribution is -2.39. The molecule has 1 aromatic carbocycles. The zero-order chi connectivity index (χ0) is 15.2. The fourth-order valence-corrected chi connectivity index (χ4v) is 3.02. The van der Waals surface area contributed by atoms with E-state index in [1.165, 1.54) is 30.2 Å².